The van der Waals surface area contributed by atoms with Crippen molar-refractivity contribution in [3.05, 3.63) is 45.6 Å². The number of methoxy groups -OCH3 is 1. The molecule has 0 unspecified atom stereocenters. The number of halogens is 3. The fourth-order valence-corrected chi connectivity index (χ4v) is 3.13. The first kappa shape index (κ1) is 25.1. The molecule has 1 aromatic heterocycles. The highest BCUT2D eigenvalue weighted by Crippen LogP contribution is 2.35. The molecule has 2 amide bonds. The number of aryl methyl sites for hydroxylation is 1. The largest absolute Gasteiger partial charge is 0.489 e. The normalized spacial score (nSPS) is 11.0. The van der Waals surface area contributed by atoms with Crippen LogP contribution in [0.15, 0.2) is 30.3 Å². The summed E-state index contributed by atoms with van der Waals surface area (Å²) in [7, 11) is 1.43. The molecule has 0 aliphatic heterocycles. The molecule has 0 saturated carbocycles. The fraction of sp³-hybridized carbons (Fsp3) is 0.350. The highest BCUT2D eigenvalue weighted by molar-refractivity contribution is 7.13. The monoisotopic (exact) mass is 474 g/mol. The second kappa shape index (κ2) is 11.5. The van der Waals surface area contributed by atoms with Crippen LogP contribution in [0.5, 0.6) is 5.75 Å². The zero-order valence-corrected chi connectivity index (χ0v) is 18.0. The van der Waals surface area contributed by atoms with Gasteiger partial charge in [0.2, 0.25) is 0 Å². The molecule has 1 heterocycles. The van der Waals surface area contributed by atoms with Gasteiger partial charge in [-0.25, -0.2) is 0 Å². The maximum atomic E-state index is 13.0. The minimum atomic E-state index is -4.63. The number of rotatable bonds is 10. The lowest BCUT2D eigenvalue weighted by Gasteiger charge is -2.15. The van der Waals surface area contributed by atoms with Crippen molar-refractivity contribution in [3.63, 3.8) is 0 Å². The highest BCUT2D eigenvalue weighted by atomic mass is 32.1. The summed E-state index contributed by atoms with van der Waals surface area (Å²) in [4.78, 5) is 37.1. The van der Waals surface area contributed by atoms with E-state index in [1.165, 1.54) is 18.4 Å². The summed E-state index contributed by atoms with van der Waals surface area (Å²) in [6, 6.07) is 5.96. The highest BCUT2D eigenvalue weighted by Gasteiger charge is 2.31. The molecule has 12 heteroatoms. The summed E-state index contributed by atoms with van der Waals surface area (Å²) in [5.74, 6) is -2.24. The Morgan fingerprint density at radius 3 is 2.47 bits per heavy atom. The minimum absolute atomic E-state index is 0.00627. The Hall–Kier alpha value is -3.12. The van der Waals surface area contributed by atoms with Crippen molar-refractivity contribution in [2.45, 2.75) is 13.1 Å². The van der Waals surface area contributed by atoms with Gasteiger partial charge < -0.3 is 24.8 Å². The lowest BCUT2D eigenvalue weighted by Crippen LogP contribution is -2.31. The molecule has 0 bridgehead atoms. The van der Waals surface area contributed by atoms with Crippen molar-refractivity contribution >= 4 is 34.8 Å². The number of ether oxygens (including phenoxy) is 3. The second-order valence-electron chi connectivity index (χ2n) is 6.35. The fourth-order valence-electron chi connectivity index (χ4n) is 2.34. The van der Waals surface area contributed by atoms with Crippen LogP contribution in [0.25, 0.3) is 0 Å². The summed E-state index contributed by atoms with van der Waals surface area (Å²) in [5.41, 5.74) is -1.23. The van der Waals surface area contributed by atoms with Gasteiger partial charge >= 0.3 is 12.1 Å². The van der Waals surface area contributed by atoms with Crippen LogP contribution in [-0.2, 0) is 25.2 Å². The van der Waals surface area contributed by atoms with E-state index >= 15 is 0 Å². The number of benzene rings is 1. The predicted octanol–water partition coefficient (Wildman–Crippen LogP) is 3.01. The van der Waals surface area contributed by atoms with E-state index in [1.807, 2.05) is 6.92 Å². The van der Waals surface area contributed by atoms with E-state index in [1.54, 1.807) is 12.1 Å². The lowest BCUT2D eigenvalue weighted by molar-refractivity contribution is -0.146. The van der Waals surface area contributed by atoms with Crippen molar-refractivity contribution in [2.24, 2.45) is 0 Å². The summed E-state index contributed by atoms with van der Waals surface area (Å²) >= 11 is 1.25. The molecule has 0 aliphatic carbocycles. The Labute approximate surface area is 185 Å². The first-order chi connectivity index (χ1) is 15.1. The summed E-state index contributed by atoms with van der Waals surface area (Å²) in [5, 5.41) is 4.59. The maximum Gasteiger partial charge on any atom is 0.416 e. The number of thiophene rings is 1. The van der Waals surface area contributed by atoms with E-state index in [4.69, 9.17) is 14.2 Å². The van der Waals surface area contributed by atoms with Gasteiger partial charge in [0, 0.05) is 12.0 Å². The van der Waals surface area contributed by atoms with Crippen LogP contribution in [0.4, 0.5) is 18.9 Å². The topological polar surface area (TPSA) is 103 Å². The molecule has 2 N–H and O–H groups in total. The Balaban J connectivity index is 1.91. The number of hydrogen-bond acceptors (Lipinski definition) is 7. The van der Waals surface area contributed by atoms with Crippen LogP contribution in [0, 0.1) is 6.92 Å². The maximum absolute atomic E-state index is 13.0. The van der Waals surface area contributed by atoms with Gasteiger partial charge in [-0.1, -0.05) is 0 Å². The third-order valence-corrected chi connectivity index (χ3v) is 4.85. The Morgan fingerprint density at radius 2 is 1.84 bits per heavy atom. The van der Waals surface area contributed by atoms with Gasteiger partial charge in [0.15, 0.2) is 6.61 Å². The number of carbonyl (C=O) groups excluding carboxylic acids is 3. The number of hydrogen-bond donors (Lipinski definition) is 2. The number of carbonyl (C=O) groups is 3. The molecule has 0 spiro atoms. The molecule has 174 valence electrons. The van der Waals surface area contributed by atoms with Crippen LogP contribution in [0.3, 0.4) is 0 Å². The van der Waals surface area contributed by atoms with Crippen LogP contribution in [0.2, 0.25) is 0 Å². The molecule has 0 saturated heterocycles. The van der Waals surface area contributed by atoms with Gasteiger partial charge in [0.25, 0.3) is 11.8 Å². The zero-order chi connectivity index (χ0) is 23.7. The van der Waals surface area contributed by atoms with E-state index in [-0.39, 0.29) is 24.7 Å². The van der Waals surface area contributed by atoms with Crippen LogP contribution in [0.1, 0.15) is 20.1 Å². The van der Waals surface area contributed by atoms with Gasteiger partial charge in [0.1, 0.15) is 18.9 Å². The number of amides is 2. The van der Waals surface area contributed by atoms with E-state index in [0.717, 1.165) is 17.0 Å². The smallest absolute Gasteiger partial charge is 0.416 e. The first-order valence-electron chi connectivity index (χ1n) is 9.23. The zero-order valence-electron chi connectivity index (χ0n) is 17.2. The van der Waals surface area contributed by atoms with Crippen molar-refractivity contribution in [1.82, 2.24) is 5.32 Å². The molecule has 0 aliphatic rings. The quantitative estimate of drug-likeness (QED) is 0.405. The van der Waals surface area contributed by atoms with Crippen molar-refractivity contribution < 1.29 is 41.8 Å². The summed E-state index contributed by atoms with van der Waals surface area (Å²) < 4.78 is 53.9. The molecule has 0 radical (unpaired) electrons. The van der Waals surface area contributed by atoms with E-state index < -0.39 is 42.7 Å². The molecule has 0 atom stereocenters. The van der Waals surface area contributed by atoms with Crippen molar-refractivity contribution in [3.8, 4) is 5.75 Å². The van der Waals surface area contributed by atoms with E-state index in [9.17, 15) is 27.6 Å². The molecule has 2 rings (SSSR count). The van der Waals surface area contributed by atoms with Gasteiger partial charge in [-0.2, -0.15) is 13.2 Å². The molecular weight excluding hydrogens is 453 g/mol. The number of anilines is 1. The van der Waals surface area contributed by atoms with Crippen LogP contribution < -0.4 is 15.4 Å². The van der Waals surface area contributed by atoms with Crippen molar-refractivity contribution in [2.75, 3.05) is 38.8 Å². The standard InChI is InChI=1S/C20H21F3N2O6S/c1-12-3-6-16(32-12)19(28)24-10-18(27)31-11-17(26)25-14-9-13(20(21,22)23)4-5-15(14)30-8-7-29-2/h3-6,9H,7-8,10-11H2,1-2H3,(H,24,28)(H,25,26). The number of alkyl halides is 3. The van der Waals surface area contributed by atoms with Gasteiger partial charge in [0.05, 0.1) is 22.7 Å². The first-order valence-corrected chi connectivity index (χ1v) is 10.0. The average Bonchev–Trinajstić information content (AvgIpc) is 3.17. The predicted molar refractivity (Wildman–Crippen MR) is 110 cm³/mol. The van der Waals surface area contributed by atoms with Gasteiger partial charge in [-0.05, 0) is 37.3 Å². The number of esters is 1. The van der Waals surface area contributed by atoms with Crippen LogP contribution >= 0.6 is 11.3 Å². The molecule has 0 fully saturated rings. The molecule has 2 aromatic rings. The lowest BCUT2D eigenvalue weighted by atomic mass is 10.1. The molecule has 32 heavy (non-hydrogen) atoms. The average molecular weight is 474 g/mol. The Morgan fingerprint density at radius 1 is 1.09 bits per heavy atom. The van der Waals surface area contributed by atoms with Crippen molar-refractivity contribution in [1.29, 1.82) is 0 Å². The Kier molecular flexibility index (Phi) is 9.02. The molecule has 8 nitrogen and oxygen atoms in total. The SMILES string of the molecule is COCCOc1ccc(C(F)(F)F)cc1NC(=O)COC(=O)CNC(=O)c1ccc(C)s1. The number of nitrogens with one attached hydrogen (secondary N) is 2. The summed E-state index contributed by atoms with van der Waals surface area (Å²) in [6.45, 7) is 0.817. The van der Waals surface area contributed by atoms with Crippen LogP contribution in [-0.4, -0.2) is 51.3 Å². The minimum Gasteiger partial charge on any atom is -0.489 e. The summed E-state index contributed by atoms with van der Waals surface area (Å²) in [6.07, 6.45) is -4.63. The van der Waals surface area contributed by atoms with E-state index in [0.29, 0.717) is 10.9 Å². The van der Waals surface area contributed by atoms with Gasteiger partial charge in [-0.15, -0.1) is 11.3 Å². The molecule has 1 aromatic carbocycles. The van der Waals surface area contributed by atoms with Gasteiger partial charge in [-0.3, -0.25) is 14.4 Å². The second-order valence-corrected chi connectivity index (χ2v) is 7.64. The molecular formula is C20H21F3N2O6S. The third-order valence-electron chi connectivity index (χ3n) is 3.85. The van der Waals surface area contributed by atoms with E-state index in [2.05, 4.69) is 10.6 Å². The third kappa shape index (κ3) is 7.85. The Bertz CT molecular complexity index is 961.